The van der Waals surface area contributed by atoms with Crippen LogP contribution in [0.1, 0.15) is 50.4 Å². The van der Waals surface area contributed by atoms with Crippen LogP contribution >= 0.6 is 23.4 Å². The number of fused-ring (bicyclic) bond motifs is 1. The predicted octanol–water partition coefficient (Wildman–Crippen LogP) is 7.18. The lowest BCUT2D eigenvalue weighted by molar-refractivity contribution is 0.102. The molecule has 40 heavy (non-hydrogen) atoms. The SMILES string of the molecule is CCCN(CCC(C)CC)c1cc2c(=O)c(C(=O)Nc3cc(Cl)ccc3F)c(Sc3ccccc3)n(C)c2nn1. The summed E-state index contributed by atoms with van der Waals surface area (Å²) in [7, 11) is 1.74. The van der Waals surface area contributed by atoms with Crippen LogP contribution in [0.2, 0.25) is 5.02 Å². The molecule has 2 aromatic carbocycles. The number of nitrogens with zero attached hydrogens (tertiary/aromatic N) is 4. The fourth-order valence-electron chi connectivity index (χ4n) is 4.33. The largest absolute Gasteiger partial charge is 0.355 e. The number of carbonyl (C=O) groups is 1. The molecule has 2 heterocycles. The molecule has 0 saturated carbocycles. The van der Waals surface area contributed by atoms with Crippen LogP contribution in [0.15, 0.2) is 69.3 Å². The topological polar surface area (TPSA) is 80.1 Å². The number of halogens is 2. The summed E-state index contributed by atoms with van der Waals surface area (Å²) in [4.78, 5) is 30.6. The van der Waals surface area contributed by atoms with Crippen LogP contribution in [0.4, 0.5) is 15.9 Å². The van der Waals surface area contributed by atoms with Gasteiger partial charge in [0.15, 0.2) is 11.5 Å². The second-order valence-electron chi connectivity index (χ2n) is 9.79. The molecule has 0 aliphatic heterocycles. The number of hydrogen-bond acceptors (Lipinski definition) is 6. The average molecular weight is 582 g/mol. The van der Waals surface area contributed by atoms with Gasteiger partial charge >= 0.3 is 0 Å². The zero-order chi connectivity index (χ0) is 28.8. The second-order valence-corrected chi connectivity index (χ2v) is 11.3. The summed E-state index contributed by atoms with van der Waals surface area (Å²) in [5.41, 5.74) is -0.358. The molecule has 2 aromatic heterocycles. The maximum absolute atomic E-state index is 14.5. The molecule has 4 aromatic rings. The quantitative estimate of drug-likeness (QED) is 0.202. The van der Waals surface area contributed by atoms with Crippen molar-refractivity contribution in [2.24, 2.45) is 13.0 Å². The van der Waals surface area contributed by atoms with E-state index < -0.39 is 17.2 Å². The standard InChI is InChI=1S/C30H33ClFN5O2S/c1-5-15-37(16-14-19(3)6-2)25-18-22-27(38)26(29(39)33-24-17-20(31)12-13-23(24)32)30(36(4)28(22)35-34-25)40-21-10-8-7-9-11-21/h7-13,17-19H,5-6,14-16H2,1-4H3,(H,33,39). The second kappa shape index (κ2) is 13.3. The average Bonchev–Trinajstić information content (AvgIpc) is 2.95. The van der Waals surface area contributed by atoms with Crippen molar-refractivity contribution < 1.29 is 9.18 Å². The third kappa shape index (κ3) is 6.64. The van der Waals surface area contributed by atoms with E-state index in [1.807, 2.05) is 30.3 Å². The highest BCUT2D eigenvalue weighted by molar-refractivity contribution is 7.99. The Morgan fingerprint density at radius 1 is 1.12 bits per heavy atom. The van der Waals surface area contributed by atoms with Gasteiger partial charge in [0.2, 0.25) is 5.43 Å². The maximum Gasteiger partial charge on any atom is 0.262 e. The predicted molar refractivity (Wildman–Crippen MR) is 161 cm³/mol. The number of pyridine rings is 1. The summed E-state index contributed by atoms with van der Waals surface area (Å²) in [6.45, 7) is 8.02. The Bertz CT molecular complexity index is 1560. The fourth-order valence-corrected chi connectivity index (χ4v) is 5.53. The van der Waals surface area contributed by atoms with Gasteiger partial charge in [-0.2, -0.15) is 0 Å². The first kappa shape index (κ1) is 29.6. The molecule has 0 fully saturated rings. The van der Waals surface area contributed by atoms with Gasteiger partial charge in [0.25, 0.3) is 5.91 Å². The molecule has 210 valence electrons. The lowest BCUT2D eigenvalue weighted by atomic mass is 10.1. The molecule has 7 nitrogen and oxygen atoms in total. The van der Waals surface area contributed by atoms with E-state index in [4.69, 9.17) is 11.6 Å². The van der Waals surface area contributed by atoms with E-state index in [0.29, 0.717) is 22.4 Å². The van der Waals surface area contributed by atoms with Crippen molar-refractivity contribution in [1.82, 2.24) is 14.8 Å². The van der Waals surface area contributed by atoms with Crippen molar-refractivity contribution >= 4 is 51.8 Å². The van der Waals surface area contributed by atoms with Crippen LogP contribution in [-0.4, -0.2) is 33.8 Å². The van der Waals surface area contributed by atoms with Crippen molar-refractivity contribution in [3.63, 3.8) is 0 Å². The Hall–Kier alpha value is -3.43. The first-order valence-corrected chi connectivity index (χ1v) is 14.6. The molecule has 1 unspecified atom stereocenters. The molecule has 10 heteroatoms. The van der Waals surface area contributed by atoms with Crippen molar-refractivity contribution in [2.45, 2.75) is 50.0 Å². The summed E-state index contributed by atoms with van der Waals surface area (Å²) in [5.74, 6) is -0.245. The van der Waals surface area contributed by atoms with Crippen molar-refractivity contribution in [2.75, 3.05) is 23.3 Å². The van der Waals surface area contributed by atoms with Gasteiger partial charge in [0.05, 0.1) is 16.1 Å². The zero-order valence-corrected chi connectivity index (χ0v) is 24.7. The van der Waals surface area contributed by atoms with E-state index in [9.17, 15) is 14.0 Å². The van der Waals surface area contributed by atoms with Gasteiger partial charge in [0.1, 0.15) is 11.4 Å². The van der Waals surface area contributed by atoms with Crippen LogP contribution in [0.25, 0.3) is 11.0 Å². The summed E-state index contributed by atoms with van der Waals surface area (Å²) in [6.07, 6.45) is 2.97. The Morgan fingerprint density at radius 2 is 1.88 bits per heavy atom. The number of carbonyl (C=O) groups excluding carboxylic acids is 1. The minimum Gasteiger partial charge on any atom is -0.355 e. The Kier molecular flexibility index (Phi) is 9.81. The van der Waals surface area contributed by atoms with Crippen molar-refractivity contribution in [3.05, 3.63) is 81.2 Å². The van der Waals surface area contributed by atoms with Crippen LogP contribution in [-0.2, 0) is 7.05 Å². The molecule has 0 saturated heterocycles. The van der Waals surface area contributed by atoms with Gasteiger partial charge in [-0.25, -0.2) is 4.39 Å². The lowest BCUT2D eigenvalue weighted by Crippen LogP contribution is -2.29. The number of rotatable bonds is 11. The molecular weight excluding hydrogens is 549 g/mol. The maximum atomic E-state index is 14.5. The van der Waals surface area contributed by atoms with Crippen molar-refractivity contribution in [1.29, 1.82) is 0 Å². The number of anilines is 2. The highest BCUT2D eigenvalue weighted by atomic mass is 35.5. The van der Waals surface area contributed by atoms with E-state index in [2.05, 4.69) is 41.2 Å². The first-order chi connectivity index (χ1) is 19.2. The first-order valence-electron chi connectivity index (χ1n) is 13.4. The van der Waals surface area contributed by atoms with Gasteiger partial charge in [0, 0.05) is 30.1 Å². The summed E-state index contributed by atoms with van der Waals surface area (Å²) >= 11 is 7.29. The van der Waals surface area contributed by atoms with Gasteiger partial charge in [-0.05, 0) is 55.2 Å². The molecular formula is C30H33ClFN5O2S. The van der Waals surface area contributed by atoms with E-state index in [1.165, 1.54) is 30.0 Å². The highest BCUT2D eigenvalue weighted by Crippen LogP contribution is 2.32. The van der Waals surface area contributed by atoms with Crippen molar-refractivity contribution in [3.8, 4) is 0 Å². The molecule has 0 radical (unpaired) electrons. The molecule has 1 N–H and O–H groups in total. The molecule has 1 amide bonds. The van der Waals surface area contributed by atoms with E-state index in [-0.39, 0.29) is 21.7 Å². The Morgan fingerprint density at radius 3 is 2.58 bits per heavy atom. The summed E-state index contributed by atoms with van der Waals surface area (Å²) < 4.78 is 16.2. The smallest absolute Gasteiger partial charge is 0.262 e. The Balaban J connectivity index is 1.86. The summed E-state index contributed by atoms with van der Waals surface area (Å²) in [5, 5.41) is 12.4. The molecule has 1 atom stereocenters. The number of aromatic nitrogens is 3. The lowest BCUT2D eigenvalue weighted by Gasteiger charge is -2.24. The molecule has 0 aliphatic rings. The van der Waals surface area contributed by atoms with E-state index in [0.717, 1.165) is 37.2 Å². The normalized spacial score (nSPS) is 11.9. The minimum absolute atomic E-state index is 0.108. The Labute approximate surface area is 242 Å². The number of nitrogens with one attached hydrogen (secondary N) is 1. The highest BCUT2D eigenvalue weighted by Gasteiger charge is 2.25. The number of hydrogen-bond donors (Lipinski definition) is 1. The molecule has 0 spiro atoms. The zero-order valence-electron chi connectivity index (χ0n) is 23.1. The van der Waals surface area contributed by atoms with E-state index >= 15 is 0 Å². The van der Waals surface area contributed by atoms with Crippen LogP contribution in [0.5, 0.6) is 0 Å². The van der Waals surface area contributed by atoms with Gasteiger partial charge in [-0.1, -0.05) is 68.8 Å². The molecule has 0 aliphatic carbocycles. The van der Waals surface area contributed by atoms with Gasteiger partial charge in [-0.3, -0.25) is 9.59 Å². The van der Waals surface area contributed by atoms with Gasteiger partial charge in [-0.15, -0.1) is 10.2 Å². The number of benzene rings is 2. The fraction of sp³-hybridized carbons (Fsp3) is 0.333. The molecule has 4 rings (SSSR count). The van der Waals surface area contributed by atoms with E-state index in [1.54, 1.807) is 17.7 Å². The number of amides is 1. The third-order valence-corrected chi connectivity index (χ3v) is 8.25. The minimum atomic E-state index is -0.734. The molecule has 0 bridgehead atoms. The van der Waals surface area contributed by atoms with Crippen LogP contribution in [0.3, 0.4) is 0 Å². The van der Waals surface area contributed by atoms with Crippen LogP contribution in [0, 0.1) is 11.7 Å². The third-order valence-electron chi connectivity index (χ3n) is 6.84. The monoisotopic (exact) mass is 581 g/mol. The number of aryl methyl sites for hydroxylation is 1. The van der Waals surface area contributed by atoms with Crippen LogP contribution < -0.4 is 15.6 Å². The summed E-state index contributed by atoms with van der Waals surface area (Å²) in [6, 6.07) is 15.0. The van der Waals surface area contributed by atoms with Gasteiger partial charge < -0.3 is 14.8 Å².